The van der Waals surface area contributed by atoms with Gasteiger partial charge in [-0.15, -0.1) is 0 Å². The Labute approximate surface area is 137 Å². The van der Waals surface area contributed by atoms with E-state index in [1.165, 1.54) is 6.07 Å². The van der Waals surface area contributed by atoms with Gasteiger partial charge in [0.25, 0.3) is 0 Å². The summed E-state index contributed by atoms with van der Waals surface area (Å²) in [7, 11) is 4.09. The molecule has 0 aliphatic heterocycles. The molecule has 1 aromatic rings. The van der Waals surface area contributed by atoms with Gasteiger partial charge in [0.2, 0.25) is 0 Å². The van der Waals surface area contributed by atoms with Crippen LogP contribution in [0.1, 0.15) is 38.8 Å². The molecule has 1 aromatic carbocycles. The second-order valence-corrected chi connectivity index (χ2v) is 7.02. The van der Waals surface area contributed by atoms with Gasteiger partial charge in [-0.2, -0.15) is 0 Å². The Balaban J connectivity index is 2.91. The number of nitrogens with one attached hydrogen (secondary N) is 1. The van der Waals surface area contributed by atoms with E-state index in [0.717, 1.165) is 13.0 Å². The minimum atomic E-state index is -0.433. The summed E-state index contributed by atoms with van der Waals surface area (Å²) >= 11 is 12.3. The van der Waals surface area contributed by atoms with Crippen LogP contribution in [0.2, 0.25) is 10.0 Å². The van der Waals surface area contributed by atoms with E-state index in [4.69, 9.17) is 23.2 Å². The van der Waals surface area contributed by atoms with Crippen LogP contribution in [0.15, 0.2) is 12.1 Å². The van der Waals surface area contributed by atoms with Gasteiger partial charge in [0, 0.05) is 29.2 Å². The first-order valence-corrected chi connectivity index (χ1v) is 8.02. The van der Waals surface area contributed by atoms with Crippen molar-refractivity contribution in [3.63, 3.8) is 0 Å². The summed E-state index contributed by atoms with van der Waals surface area (Å²) in [6, 6.07) is 3.04. The van der Waals surface area contributed by atoms with Gasteiger partial charge in [-0.1, -0.05) is 37.0 Å². The SMILES string of the molecule is CC(C)CC(CN(C)C)NC(C)c1c(Cl)ccc(F)c1Cl. The molecule has 0 radical (unpaired) electrons. The van der Waals surface area contributed by atoms with Crippen LogP contribution in [-0.4, -0.2) is 31.6 Å². The fourth-order valence-electron chi connectivity index (χ4n) is 2.58. The highest BCUT2D eigenvalue weighted by molar-refractivity contribution is 6.36. The van der Waals surface area contributed by atoms with E-state index < -0.39 is 5.82 Å². The Morgan fingerprint density at radius 1 is 1.19 bits per heavy atom. The van der Waals surface area contributed by atoms with Crippen LogP contribution < -0.4 is 5.32 Å². The van der Waals surface area contributed by atoms with E-state index >= 15 is 0 Å². The maximum atomic E-state index is 13.7. The molecular weight excluding hydrogens is 310 g/mol. The number of halogens is 3. The van der Waals surface area contributed by atoms with E-state index in [9.17, 15) is 4.39 Å². The standard InChI is InChI=1S/C16H25Cl2FN2/c1-10(2)8-12(9-21(4)5)20-11(3)15-13(17)6-7-14(19)16(15)18/h6-7,10-12,20H,8-9H2,1-5H3. The monoisotopic (exact) mass is 334 g/mol. The summed E-state index contributed by atoms with van der Waals surface area (Å²) in [6.45, 7) is 7.26. The Hall–Kier alpha value is -0.350. The van der Waals surface area contributed by atoms with Gasteiger partial charge < -0.3 is 10.2 Å². The first-order valence-electron chi connectivity index (χ1n) is 7.26. The maximum absolute atomic E-state index is 13.7. The zero-order valence-electron chi connectivity index (χ0n) is 13.4. The van der Waals surface area contributed by atoms with Crippen molar-refractivity contribution in [3.8, 4) is 0 Å². The lowest BCUT2D eigenvalue weighted by atomic mass is 10.0. The lowest BCUT2D eigenvalue weighted by molar-refractivity contribution is 0.290. The van der Waals surface area contributed by atoms with Gasteiger partial charge >= 0.3 is 0 Å². The van der Waals surface area contributed by atoms with Crippen LogP contribution in [0.3, 0.4) is 0 Å². The first kappa shape index (κ1) is 18.7. The van der Waals surface area contributed by atoms with E-state index in [-0.39, 0.29) is 11.1 Å². The Kier molecular flexibility index (Phi) is 7.41. The molecule has 2 nitrogen and oxygen atoms in total. The number of hydrogen-bond donors (Lipinski definition) is 1. The van der Waals surface area contributed by atoms with Crippen molar-refractivity contribution >= 4 is 23.2 Å². The number of hydrogen-bond acceptors (Lipinski definition) is 2. The average molecular weight is 335 g/mol. The molecule has 0 saturated heterocycles. The smallest absolute Gasteiger partial charge is 0.142 e. The molecule has 1 rings (SSSR count). The average Bonchev–Trinajstić information content (AvgIpc) is 2.32. The quantitative estimate of drug-likeness (QED) is 0.723. The summed E-state index contributed by atoms with van der Waals surface area (Å²) < 4.78 is 13.7. The number of nitrogens with zero attached hydrogens (tertiary/aromatic N) is 1. The fraction of sp³-hybridized carbons (Fsp3) is 0.625. The molecule has 0 aromatic heterocycles. The van der Waals surface area contributed by atoms with Gasteiger partial charge in [-0.3, -0.25) is 0 Å². The van der Waals surface area contributed by atoms with Gasteiger partial charge in [0.05, 0.1) is 5.02 Å². The van der Waals surface area contributed by atoms with Crippen LogP contribution in [0, 0.1) is 11.7 Å². The van der Waals surface area contributed by atoms with Gasteiger partial charge in [-0.25, -0.2) is 4.39 Å². The molecule has 0 heterocycles. The summed E-state index contributed by atoms with van der Waals surface area (Å²) in [5.74, 6) is 0.144. The molecule has 5 heteroatoms. The number of rotatable bonds is 7. The van der Waals surface area contributed by atoms with Crippen LogP contribution in [0.4, 0.5) is 4.39 Å². The topological polar surface area (TPSA) is 15.3 Å². The first-order chi connectivity index (χ1) is 9.72. The second-order valence-electron chi connectivity index (χ2n) is 6.23. The normalized spacial score (nSPS) is 14.8. The third-order valence-corrected chi connectivity index (χ3v) is 4.05. The van der Waals surface area contributed by atoms with Crippen LogP contribution in [0.25, 0.3) is 0 Å². The Morgan fingerprint density at radius 2 is 1.81 bits per heavy atom. The van der Waals surface area contributed by atoms with Crippen molar-refractivity contribution in [1.82, 2.24) is 10.2 Å². The summed E-state index contributed by atoms with van der Waals surface area (Å²) in [6.07, 6.45) is 1.03. The third kappa shape index (κ3) is 5.74. The lowest BCUT2D eigenvalue weighted by Crippen LogP contribution is -2.40. The minimum Gasteiger partial charge on any atom is -0.308 e. The molecule has 0 aliphatic carbocycles. The van der Waals surface area contributed by atoms with E-state index in [1.807, 2.05) is 21.0 Å². The van der Waals surface area contributed by atoms with E-state index in [2.05, 4.69) is 24.1 Å². The second kappa shape index (κ2) is 8.33. The zero-order valence-corrected chi connectivity index (χ0v) is 14.9. The van der Waals surface area contributed by atoms with Crippen LogP contribution >= 0.6 is 23.2 Å². The molecule has 2 unspecified atom stereocenters. The highest BCUT2D eigenvalue weighted by Gasteiger charge is 2.21. The maximum Gasteiger partial charge on any atom is 0.142 e. The molecule has 0 aliphatic rings. The number of likely N-dealkylation sites (N-methyl/N-ethyl adjacent to an activating group) is 1. The van der Waals surface area contributed by atoms with Gasteiger partial charge in [0.1, 0.15) is 5.82 Å². The molecule has 0 fully saturated rings. The third-order valence-electron chi connectivity index (χ3n) is 3.34. The fourth-order valence-corrected chi connectivity index (χ4v) is 3.28. The molecule has 0 amide bonds. The molecule has 2 atom stereocenters. The molecule has 0 saturated carbocycles. The van der Waals surface area contributed by atoms with Crippen molar-refractivity contribution in [3.05, 3.63) is 33.6 Å². The van der Waals surface area contributed by atoms with Gasteiger partial charge in [0.15, 0.2) is 0 Å². The van der Waals surface area contributed by atoms with Gasteiger partial charge in [-0.05, 0) is 45.5 Å². The van der Waals surface area contributed by atoms with Crippen molar-refractivity contribution in [1.29, 1.82) is 0 Å². The van der Waals surface area contributed by atoms with Crippen LogP contribution in [0.5, 0.6) is 0 Å². The summed E-state index contributed by atoms with van der Waals surface area (Å²) in [5.41, 5.74) is 0.630. The molecule has 0 spiro atoms. The van der Waals surface area contributed by atoms with Crippen molar-refractivity contribution in [2.24, 2.45) is 5.92 Å². The molecule has 0 bridgehead atoms. The van der Waals surface area contributed by atoms with E-state index in [1.54, 1.807) is 6.07 Å². The van der Waals surface area contributed by atoms with E-state index in [0.29, 0.717) is 22.5 Å². The molecule has 1 N–H and O–H groups in total. The molecule has 21 heavy (non-hydrogen) atoms. The Bertz CT molecular complexity index is 454. The molecular formula is C16H25Cl2FN2. The highest BCUT2D eigenvalue weighted by atomic mass is 35.5. The Morgan fingerprint density at radius 3 is 2.33 bits per heavy atom. The van der Waals surface area contributed by atoms with Crippen LogP contribution in [-0.2, 0) is 0 Å². The predicted octanol–water partition coefficient (Wildman–Crippen LogP) is 4.76. The lowest BCUT2D eigenvalue weighted by Gasteiger charge is -2.28. The highest BCUT2D eigenvalue weighted by Crippen LogP contribution is 2.32. The predicted molar refractivity (Wildman–Crippen MR) is 89.8 cm³/mol. The summed E-state index contributed by atoms with van der Waals surface area (Å²) in [5, 5.41) is 4.13. The molecule has 120 valence electrons. The van der Waals surface area contributed by atoms with Crippen molar-refractivity contribution in [2.75, 3.05) is 20.6 Å². The summed E-state index contributed by atoms with van der Waals surface area (Å²) in [4.78, 5) is 2.14. The minimum absolute atomic E-state index is 0.107. The zero-order chi connectivity index (χ0) is 16.2. The van der Waals surface area contributed by atoms with Crippen molar-refractivity contribution in [2.45, 2.75) is 39.3 Å². The largest absolute Gasteiger partial charge is 0.308 e. The van der Waals surface area contributed by atoms with Crippen molar-refractivity contribution < 1.29 is 4.39 Å². The number of benzene rings is 1.